The summed E-state index contributed by atoms with van der Waals surface area (Å²) in [6.07, 6.45) is 0.883. The Morgan fingerprint density at radius 3 is 2.93 bits per heavy atom. The van der Waals surface area contributed by atoms with Gasteiger partial charge in [-0.3, -0.25) is 9.79 Å². The largest absolute Gasteiger partial charge is 0.454 e. The number of halogens is 1. The van der Waals surface area contributed by atoms with Gasteiger partial charge < -0.3 is 20.5 Å². The molecule has 0 aliphatic carbocycles. The first-order chi connectivity index (χ1) is 13.4. The van der Waals surface area contributed by atoms with Crippen molar-refractivity contribution in [1.29, 1.82) is 0 Å². The number of ether oxygens (including phenoxy) is 2. The minimum Gasteiger partial charge on any atom is -0.454 e. The minimum absolute atomic E-state index is 0.0965. The van der Waals surface area contributed by atoms with Crippen molar-refractivity contribution in [2.75, 3.05) is 17.9 Å². The van der Waals surface area contributed by atoms with Gasteiger partial charge in [-0.15, -0.1) is 0 Å². The van der Waals surface area contributed by atoms with Gasteiger partial charge in [-0.05, 0) is 48.7 Å². The van der Waals surface area contributed by atoms with E-state index in [-0.39, 0.29) is 24.8 Å². The van der Waals surface area contributed by atoms with E-state index in [9.17, 15) is 9.18 Å². The number of benzene rings is 2. The summed E-state index contributed by atoms with van der Waals surface area (Å²) in [5.41, 5.74) is 7.05. The van der Waals surface area contributed by atoms with E-state index in [2.05, 4.69) is 10.3 Å². The lowest BCUT2D eigenvalue weighted by molar-refractivity contribution is -0.115. The first kappa shape index (κ1) is 18.6. The van der Waals surface area contributed by atoms with Crippen LogP contribution in [0, 0.1) is 5.82 Å². The number of carbonyl (C=O) groups excluding carboxylic acids is 1. The van der Waals surface area contributed by atoms with E-state index in [4.69, 9.17) is 15.2 Å². The van der Waals surface area contributed by atoms with Crippen molar-refractivity contribution in [1.82, 2.24) is 0 Å². The molecular weight excluding hydrogens is 381 g/mol. The Hall–Kier alpha value is -2.74. The SMILES string of the molecule is CC1(c2ccc(F)c(NC(=O)Cc3ccc4c(c3)OCO4)c2)CCSC(N)=N1. The average Bonchev–Trinajstić information content (AvgIpc) is 3.11. The third-order valence-corrected chi connectivity index (χ3v) is 5.66. The van der Waals surface area contributed by atoms with Gasteiger partial charge in [-0.1, -0.05) is 23.9 Å². The molecule has 1 atom stereocenters. The minimum atomic E-state index is -0.528. The number of nitrogens with one attached hydrogen (secondary N) is 1. The summed E-state index contributed by atoms with van der Waals surface area (Å²) in [6, 6.07) is 9.99. The number of nitrogens with two attached hydrogens (primary N) is 1. The molecule has 0 spiro atoms. The molecule has 146 valence electrons. The van der Waals surface area contributed by atoms with Crippen molar-refractivity contribution in [2.24, 2.45) is 10.7 Å². The van der Waals surface area contributed by atoms with E-state index in [1.54, 1.807) is 30.3 Å². The van der Waals surface area contributed by atoms with Crippen LogP contribution in [0.4, 0.5) is 10.1 Å². The van der Waals surface area contributed by atoms with Crippen LogP contribution in [-0.4, -0.2) is 23.6 Å². The standard InChI is InChI=1S/C20H20FN3O3S/c1-20(6-7-28-19(22)24-20)13-3-4-14(21)15(10-13)23-18(25)9-12-2-5-16-17(8-12)27-11-26-16/h2-5,8,10H,6-7,9,11H2,1H3,(H2,22,24)(H,23,25). The molecular formula is C20H20FN3O3S. The molecule has 6 nitrogen and oxygen atoms in total. The number of hydrogen-bond donors (Lipinski definition) is 2. The molecule has 2 heterocycles. The van der Waals surface area contributed by atoms with Gasteiger partial charge in [0.25, 0.3) is 0 Å². The maximum atomic E-state index is 14.3. The molecule has 2 aromatic carbocycles. The number of rotatable bonds is 4. The van der Waals surface area contributed by atoms with Crippen LogP contribution in [0.5, 0.6) is 11.5 Å². The molecule has 3 N–H and O–H groups in total. The monoisotopic (exact) mass is 401 g/mol. The highest BCUT2D eigenvalue weighted by Crippen LogP contribution is 2.36. The Labute approximate surface area is 166 Å². The van der Waals surface area contributed by atoms with Crippen molar-refractivity contribution in [3.05, 3.63) is 53.3 Å². The fraction of sp³-hybridized carbons (Fsp3) is 0.300. The van der Waals surface area contributed by atoms with Crippen molar-refractivity contribution >= 4 is 28.5 Å². The molecule has 1 amide bonds. The van der Waals surface area contributed by atoms with E-state index in [0.717, 1.165) is 23.3 Å². The van der Waals surface area contributed by atoms with E-state index in [1.165, 1.54) is 17.8 Å². The topological polar surface area (TPSA) is 85.9 Å². The van der Waals surface area contributed by atoms with Gasteiger partial charge in [-0.2, -0.15) is 0 Å². The zero-order chi connectivity index (χ0) is 19.7. The van der Waals surface area contributed by atoms with E-state index in [1.807, 2.05) is 6.92 Å². The molecule has 2 aromatic rings. The number of anilines is 1. The van der Waals surface area contributed by atoms with E-state index < -0.39 is 11.4 Å². The quantitative estimate of drug-likeness (QED) is 0.820. The van der Waals surface area contributed by atoms with Gasteiger partial charge in [0.2, 0.25) is 12.7 Å². The predicted octanol–water partition coefficient (Wildman–Crippen LogP) is 3.40. The lowest BCUT2D eigenvalue weighted by atomic mass is 9.89. The average molecular weight is 401 g/mol. The van der Waals surface area contributed by atoms with Gasteiger partial charge in [0.05, 0.1) is 17.6 Å². The van der Waals surface area contributed by atoms with Gasteiger partial charge in [0.15, 0.2) is 16.7 Å². The summed E-state index contributed by atoms with van der Waals surface area (Å²) in [5, 5.41) is 3.18. The first-order valence-electron chi connectivity index (χ1n) is 8.89. The second-order valence-corrected chi connectivity index (χ2v) is 8.04. The Kier molecular flexibility index (Phi) is 4.89. The van der Waals surface area contributed by atoms with Gasteiger partial charge in [0.1, 0.15) is 5.82 Å². The number of amidine groups is 1. The summed E-state index contributed by atoms with van der Waals surface area (Å²) in [7, 11) is 0. The molecule has 0 fully saturated rings. The number of nitrogens with zero attached hydrogens (tertiary/aromatic N) is 1. The number of hydrogen-bond acceptors (Lipinski definition) is 6. The fourth-order valence-corrected chi connectivity index (χ4v) is 4.26. The molecule has 2 aliphatic rings. The van der Waals surface area contributed by atoms with Gasteiger partial charge in [0, 0.05) is 5.75 Å². The molecule has 28 heavy (non-hydrogen) atoms. The third-order valence-electron chi connectivity index (χ3n) is 4.86. The Bertz CT molecular complexity index is 966. The van der Waals surface area contributed by atoms with Crippen LogP contribution in [0.2, 0.25) is 0 Å². The molecule has 4 rings (SSSR count). The lowest BCUT2D eigenvalue weighted by Crippen LogP contribution is -2.29. The van der Waals surface area contributed by atoms with Crippen molar-refractivity contribution < 1.29 is 18.7 Å². The summed E-state index contributed by atoms with van der Waals surface area (Å²) >= 11 is 1.51. The first-order valence-corrected chi connectivity index (χ1v) is 9.88. The number of thioether (sulfide) groups is 1. The van der Waals surface area contributed by atoms with E-state index in [0.29, 0.717) is 16.7 Å². The molecule has 8 heteroatoms. The molecule has 2 aliphatic heterocycles. The fourth-order valence-electron chi connectivity index (χ4n) is 3.28. The molecule has 1 unspecified atom stereocenters. The van der Waals surface area contributed by atoms with Crippen molar-refractivity contribution in [3.8, 4) is 11.5 Å². The van der Waals surface area contributed by atoms with Crippen molar-refractivity contribution in [3.63, 3.8) is 0 Å². The highest BCUT2D eigenvalue weighted by Gasteiger charge is 2.30. The Morgan fingerprint density at radius 2 is 2.11 bits per heavy atom. The molecule has 0 aromatic heterocycles. The molecule has 0 saturated heterocycles. The van der Waals surface area contributed by atoms with Crippen LogP contribution in [0.1, 0.15) is 24.5 Å². The van der Waals surface area contributed by atoms with Crippen LogP contribution >= 0.6 is 11.8 Å². The smallest absolute Gasteiger partial charge is 0.231 e. The van der Waals surface area contributed by atoms with Crippen LogP contribution in [0.25, 0.3) is 0 Å². The van der Waals surface area contributed by atoms with Crippen molar-refractivity contribution in [2.45, 2.75) is 25.3 Å². The number of carbonyl (C=O) groups is 1. The lowest BCUT2D eigenvalue weighted by Gasteiger charge is -2.30. The zero-order valence-corrected chi connectivity index (χ0v) is 16.1. The number of fused-ring (bicyclic) bond motifs is 1. The zero-order valence-electron chi connectivity index (χ0n) is 15.3. The second kappa shape index (κ2) is 7.35. The summed E-state index contributed by atoms with van der Waals surface area (Å²) in [6.45, 7) is 2.14. The van der Waals surface area contributed by atoms with E-state index >= 15 is 0 Å². The maximum absolute atomic E-state index is 14.3. The van der Waals surface area contributed by atoms with Gasteiger partial charge >= 0.3 is 0 Å². The second-order valence-electron chi connectivity index (χ2n) is 6.93. The summed E-state index contributed by atoms with van der Waals surface area (Å²) in [5.74, 6) is 1.30. The molecule has 0 radical (unpaired) electrons. The number of aliphatic imine (C=N–C) groups is 1. The maximum Gasteiger partial charge on any atom is 0.231 e. The predicted molar refractivity (Wildman–Crippen MR) is 107 cm³/mol. The summed E-state index contributed by atoms with van der Waals surface area (Å²) in [4.78, 5) is 17.0. The number of amides is 1. The normalized spacial score (nSPS) is 20.6. The van der Waals surface area contributed by atoms with Gasteiger partial charge in [-0.25, -0.2) is 4.39 Å². The molecule has 0 bridgehead atoms. The molecule has 0 saturated carbocycles. The Balaban J connectivity index is 1.51. The van der Waals surface area contributed by atoms with Crippen LogP contribution in [0.3, 0.4) is 0 Å². The highest BCUT2D eigenvalue weighted by atomic mass is 32.2. The Morgan fingerprint density at radius 1 is 1.29 bits per heavy atom. The van der Waals surface area contributed by atoms with Crippen LogP contribution < -0.4 is 20.5 Å². The van der Waals surface area contributed by atoms with Crippen LogP contribution in [-0.2, 0) is 16.8 Å². The third kappa shape index (κ3) is 3.77. The highest BCUT2D eigenvalue weighted by molar-refractivity contribution is 8.13. The van der Waals surface area contributed by atoms with Crippen LogP contribution in [0.15, 0.2) is 41.4 Å². The summed E-state index contributed by atoms with van der Waals surface area (Å²) < 4.78 is 24.9.